The molecule has 7 heteroatoms. The Hall–Kier alpha value is -2.03. The molecule has 3 rings (SSSR count). The number of aliphatic imine (C=N–C) groups is 1. The molecule has 29 heavy (non-hydrogen) atoms. The Morgan fingerprint density at radius 2 is 1.93 bits per heavy atom. The molecule has 1 aromatic carbocycles. The molecule has 0 unspecified atom stereocenters. The molecular weight excluding hydrogens is 477 g/mol. The zero-order valence-corrected chi connectivity index (χ0v) is 20.1. The number of aromatic nitrogens is 1. The number of ether oxygens (including phenoxy) is 1. The smallest absolute Gasteiger partial charge is 0.191 e. The van der Waals surface area contributed by atoms with Gasteiger partial charge in [-0.25, -0.2) is 4.98 Å². The quantitative estimate of drug-likeness (QED) is 0.323. The summed E-state index contributed by atoms with van der Waals surface area (Å²) in [7, 11) is 5.76. The third-order valence-corrected chi connectivity index (χ3v) is 4.75. The Labute approximate surface area is 191 Å². The number of guanidine groups is 1. The van der Waals surface area contributed by atoms with Crippen LogP contribution in [0.15, 0.2) is 41.4 Å². The second kappa shape index (κ2) is 11.2. The number of nitrogens with one attached hydrogen (secondary N) is 2. The van der Waals surface area contributed by atoms with E-state index in [-0.39, 0.29) is 24.0 Å². The first kappa shape index (κ1) is 23.3. The zero-order valence-electron chi connectivity index (χ0n) is 17.7. The van der Waals surface area contributed by atoms with Crippen molar-refractivity contribution in [1.29, 1.82) is 0 Å². The second-order valence-corrected chi connectivity index (χ2v) is 7.53. The summed E-state index contributed by atoms with van der Waals surface area (Å²) in [5, 5.41) is 6.71. The molecule has 0 radical (unpaired) electrons. The average molecular weight is 509 g/mol. The van der Waals surface area contributed by atoms with Crippen molar-refractivity contribution in [2.45, 2.75) is 32.9 Å². The third-order valence-electron chi connectivity index (χ3n) is 4.75. The lowest BCUT2D eigenvalue weighted by Gasteiger charge is -2.16. The number of hydrogen-bond acceptors (Lipinski definition) is 4. The van der Waals surface area contributed by atoms with E-state index in [0.717, 1.165) is 41.3 Å². The number of nitrogens with zero attached hydrogens (tertiary/aromatic N) is 3. The molecule has 2 N–H and O–H groups in total. The van der Waals surface area contributed by atoms with E-state index in [0.29, 0.717) is 13.1 Å². The van der Waals surface area contributed by atoms with Gasteiger partial charge in [-0.2, -0.15) is 0 Å². The van der Waals surface area contributed by atoms with E-state index in [2.05, 4.69) is 45.7 Å². The van der Waals surface area contributed by atoms with Crippen LogP contribution < -0.4 is 20.3 Å². The normalized spacial score (nSPS) is 13.4. The molecule has 0 saturated heterocycles. The Bertz CT molecular complexity index is 821. The summed E-state index contributed by atoms with van der Waals surface area (Å²) in [5.74, 6) is 3.39. The summed E-state index contributed by atoms with van der Waals surface area (Å²) >= 11 is 0. The number of anilines is 1. The summed E-state index contributed by atoms with van der Waals surface area (Å²) < 4.78 is 6.06. The fraction of sp³-hybridized carbons (Fsp3) is 0.455. The number of pyridine rings is 1. The first-order valence-corrected chi connectivity index (χ1v) is 9.85. The molecule has 2 aromatic rings. The van der Waals surface area contributed by atoms with Crippen molar-refractivity contribution in [3.05, 3.63) is 53.2 Å². The third kappa shape index (κ3) is 7.38. The Kier molecular flexibility index (Phi) is 9.00. The fourth-order valence-corrected chi connectivity index (χ4v) is 2.82. The van der Waals surface area contributed by atoms with Crippen LogP contribution in [0.3, 0.4) is 0 Å². The number of aryl methyl sites for hydroxylation is 1. The van der Waals surface area contributed by atoms with Gasteiger partial charge in [0, 0.05) is 33.3 Å². The Morgan fingerprint density at radius 3 is 2.62 bits per heavy atom. The second-order valence-electron chi connectivity index (χ2n) is 7.53. The summed E-state index contributed by atoms with van der Waals surface area (Å²) in [4.78, 5) is 10.9. The number of benzene rings is 1. The van der Waals surface area contributed by atoms with Crippen LogP contribution in [0.2, 0.25) is 0 Å². The first-order valence-electron chi connectivity index (χ1n) is 9.85. The van der Waals surface area contributed by atoms with E-state index < -0.39 is 0 Å². The van der Waals surface area contributed by atoms with Crippen LogP contribution in [0.4, 0.5) is 5.82 Å². The van der Waals surface area contributed by atoms with Crippen molar-refractivity contribution in [3.8, 4) is 5.75 Å². The van der Waals surface area contributed by atoms with Crippen LogP contribution in [0.1, 0.15) is 29.7 Å². The largest absolute Gasteiger partial charge is 0.493 e. The van der Waals surface area contributed by atoms with Gasteiger partial charge < -0.3 is 20.3 Å². The van der Waals surface area contributed by atoms with Crippen LogP contribution in [-0.2, 0) is 13.1 Å². The van der Waals surface area contributed by atoms with Crippen LogP contribution >= 0.6 is 24.0 Å². The molecule has 0 spiro atoms. The topological polar surface area (TPSA) is 61.8 Å². The highest BCUT2D eigenvalue weighted by Crippen LogP contribution is 2.30. The lowest BCUT2D eigenvalue weighted by Crippen LogP contribution is -2.36. The molecule has 1 saturated carbocycles. The summed E-state index contributed by atoms with van der Waals surface area (Å²) in [5.41, 5.74) is 3.32. The highest BCUT2D eigenvalue weighted by Gasteiger charge is 2.22. The SMILES string of the molecule is CN=C(NCc1cccc(N(C)C)n1)NCc1ccc(C)cc1OCC1CC1.I. The average Bonchev–Trinajstić information content (AvgIpc) is 3.52. The van der Waals surface area contributed by atoms with Crippen molar-refractivity contribution in [3.63, 3.8) is 0 Å². The molecule has 1 aliphatic carbocycles. The minimum Gasteiger partial charge on any atom is -0.493 e. The van der Waals surface area contributed by atoms with Gasteiger partial charge in [0.15, 0.2) is 5.96 Å². The predicted molar refractivity (Wildman–Crippen MR) is 130 cm³/mol. The van der Waals surface area contributed by atoms with E-state index in [1.807, 2.05) is 37.2 Å². The van der Waals surface area contributed by atoms with Crippen LogP contribution in [0.25, 0.3) is 0 Å². The minimum absolute atomic E-state index is 0. The summed E-state index contributed by atoms with van der Waals surface area (Å²) in [6.07, 6.45) is 2.58. The van der Waals surface area contributed by atoms with E-state index in [4.69, 9.17) is 4.74 Å². The predicted octanol–water partition coefficient (Wildman–Crippen LogP) is 3.73. The van der Waals surface area contributed by atoms with Gasteiger partial charge in [0.25, 0.3) is 0 Å². The van der Waals surface area contributed by atoms with E-state index >= 15 is 0 Å². The van der Waals surface area contributed by atoms with E-state index in [1.165, 1.54) is 18.4 Å². The van der Waals surface area contributed by atoms with Crippen LogP contribution in [0, 0.1) is 12.8 Å². The van der Waals surface area contributed by atoms with Gasteiger partial charge in [-0.15, -0.1) is 24.0 Å². The van der Waals surface area contributed by atoms with Crippen molar-refractivity contribution in [1.82, 2.24) is 15.6 Å². The molecule has 1 fully saturated rings. The van der Waals surface area contributed by atoms with Crippen molar-refractivity contribution >= 4 is 35.8 Å². The molecule has 158 valence electrons. The van der Waals surface area contributed by atoms with Crippen LogP contribution in [-0.4, -0.2) is 38.7 Å². The summed E-state index contributed by atoms with van der Waals surface area (Å²) in [6, 6.07) is 12.4. The monoisotopic (exact) mass is 509 g/mol. The standard InChI is InChI=1S/C22H31N5O.HI/c1-16-8-11-18(20(12-16)28-15-17-9-10-17)13-24-22(23-2)25-14-19-6-5-7-21(26-19)27(3)4;/h5-8,11-12,17H,9-10,13-15H2,1-4H3,(H2,23,24,25);1H. The maximum absolute atomic E-state index is 6.06. The van der Waals surface area contributed by atoms with Crippen LogP contribution in [0.5, 0.6) is 5.75 Å². The maximum atomic E-state index is 6.06. The molecule has 1 aliphatic rings. The lowest BCUT2D eigenvalue weighted by molar-refractivity contribution is 0.296. The molecule has 0 aliphatic heterocycles. The maximum Gasteiger partial charge on any atom is 0.191 e. The molecule has 0 amide bonds. The van der Waals surface area contributed by atoms with Gasteiger partial charge >= 0.3 is 0 Å². The molecule has 0 bridgehead atoms. The molecular formula is C22H32IN5O. The van der Waals surface area contributed by atoms with Gasteiger partial charge in [0.1, 0.15) is 11.6 Å². The molecule has 1 aromatic heterocycles. The van der Waals surface area contributed by atoms with Crippen molar-refractivity contribution < 1.29 is 4.74 Å². The van der Waals surface area contributed by atoms with Crippen molar-refractivity contribution in [2.75, 3.05) is 32.6 Å². The van der Waals surface area contributed by atoms with Gasteiger partial charge in [0.2, 0.25) is 0 Å². The highest BCUT2D eigenvalue weighted by atomic mass is 127. The lowest BCUT2D eigenvalue weighted by atomic mass is 10.1. The minimum atomic E-state index is 0. The Morgan fingerprint density at radius 1 is 1.17 bits per heavy atom. The molecule has 0 atom stereocenters. The van der Waals surface area contributed by atoms with E-state index in [9.17, 15) is 0 Å². The fourth-order valence-electron chi connectivity index (χ4n) is 2.82. The number of hydrogen-bond donors (Lipinski definition) is 2. The van der Waals surface area contributed by atoms with Gasteiger partial charge in [-0.05, 0) is 49.4 Å². The zero-order chi connectivity index (χ0) is 19.9. The Balaban J connectivity index is 0.00000300. The van der Waals surface area contributed by atoms with E-state index in [1.54, 1.807) is 7.05 Å². The van der Waals surface area contributed by atoms with Gasteiger partial charge in [-0.3, -0.25) is 4.99 Å². The van der Waals surface area contributed by atoms with Gasteiger partial charge in [0.05, 0.1) is 18.8 Å². The number of rotatable bonds is 8. The molecule has 1 heterocycles. The van der Waals surface area contributed by atoms with Gasteiger partial charge in [-0.1, -0.05) is 18.2 Å². The highest BCUT2D eigenvalue weighted by molar-refractivity contribution is 14.0. The first-order chi connectivity index (χ1) is 13.5. The van der Waals surface area contributed by atoms with Crippen molar-refractivity contribution in [2.24, 2.45) is 10.9 Å². The summed E-state index contributed by atoms with van der Waals surface area (Å²) in [6.45, 7) is 4.18. The molecule has 6 nitrogen and oxygen atoms in total. The number of halogens is 1.